The Hall–Kier alpha value is -1.88. The zero-order valence-electron chi connectivity index (χ0n) is 10.1. The van der Waals surface area contributed by atoms with Gasteiger partial charge in [-0.3, -0.25) is 4.79 Å². The maximum Gasteiger partial charge on any atom is 0.211 e. The molecule has 1 saturated heterocycles. The minimum atomic E-state index is 0.489. The molecule has 1 aromatic heterocycles. The van der Waals surface area contributed by atoms with E-state index in [0.717, 1.165) is 48.5 Å². The lowest BCUT2D eigenvalue weighted by Gasteiger charge is -2.20. The number of hydrogen-bond donors (Lipinski definition) is 3. The summed E-state index contributed by atoms with van der Waals surface area (Å²) in [6.07, 6.45) is 2.90. The Morgan fingerprint density at radius 3 is 2.94 bits per heavy atom. The van der Waals surface area contributed by atoms with E-state index in [-0.39, 0.29) is 0 Å². The molecular weight excluding hydrogens is 228 g/mol. The second kappa shape index (κ2) is 4.78. The van der Waals surface area contributed by atoms with Gasteiger partial charge in [0.15, 0.2) is 0 Å². The molecule has 0 unspecified atom stereocenters. The van der Waals surface area contributed by atoms with Gasteiger partial charge in [-0.1, -0.05) is 6.07 Å². The van der Waals surface area contributed by atoms with E-state index in [1.165, 1.54) is 0 Å². The first-order chi connectivity index (χ1) is 8.88. The molecule has 2 heterocycles. The third-order valence-electron chi connectivity index (χ3n) is 3.47. The fraction of sp³-hybridized carbons (Fsp3) is 0.385. The van der Waals surface area contributed by atoms with Crippen molar-refractivity contribution in [1.82, 2.24) is 15.3 Å². The molecule has 0 radical (unpaired) electrons. The lowest BCUT2D eigenvalue weighted by Crippen LogP contribution is -2.27. The number of hydrogen-bond acceptors (Lipinski definition) is 3. The van der Waals surface area contributed by atoms with E-state index >= 15 is 0 Å². The third-order valence-corrected chi connectivity index (χ3v) is 3.47. The van der Waals surface area contributed by atoms with E-state index in [2.05, 4.69) is 20.6 Å². The van der Waals surface area contributed by atoms with Crippen molar-refractivity contribution in [3.63, 3.8) is 0 Å². The van der Waals surface area contributed by atoms with Crippen molar-refractivity contribution in [1.29, 1.82) is 0 Å². The molecule has 0 spiro atoms. The van der Waals surface area contributed by atoms with Gasteiger partial charge in [-0.05, 0) is 38.1 Å². The minimum Gasteiger partial charge on any atom is -0.342 e. The molecule has 3 rings (SSSR count). The van der Waals surface area contributed by atoms with E-state index in [1.54, 1.807) is 0 Å². The van der Waals surface area contributed by atoms with Crippen molar-refractivity contribution in [2.45, 2.75) is 18.8 Å². The van der Waals surface area contributed by atoms with Crippen LogP contribution in [0.15, 0.2) is 18.2 Å². The van der Waals surface area contributed by atoms with Gasteiger partial charge in [0.2, 0.25) is 6.41 Å². The smallest absolute Gasteiger partial charge is 0.211 e. The van der Waals surface area contributed by atoms with Crippen LogP contribution in [0, 0.1) is 0 Å². The van der Waals surface area contributed by atoms with Gasteiger partial charge in [-0.25, -0.2) is 4.98 Å². The van der Waals surface area contributed by atoms with E-state index in [4.69, 9.17) is 0 Å². The number of nitrogens with zero attached hydrogens (tertiary/aromatic N) is 1. The second-order valence-electron chi connectivity index (χ2n) is 4.61. The summed E-state index contributed by atoms with van der Waals surface area (Å²) in [7, 11) is 0. The van der Waals surface area contributed by atoms with E-state index < -0.39 is 0 Å². The number of fused-ring (bicyclic) bond motifs is 1. The van der Waals surface area contributed by atoms with Gasteiger partial charge in [-0.2, -0.15) is 0 Å². The fourth-order valence-electron chi connectivity index (χ4n) is 2.52. The van der Waals surface area contributed by atoms with Crippen LogP contribution in [0.3, 0.4) is 0 Å². The van der Waals surface area contributed by atoms with E-state index in [0.29, 0.717) is 12.3 Å². The van der Waals surface area contributed by atoms with Gasteiger partial charge in [0, 0.05) is 5.92 Å². The summed E-state index contributed by atoms with van der Waals surface area (Å²) in [5, 5.41) is 6.04. The molecule has 0 saturated carbocycles. The molecule has 0 atom stereocenters. The first kappa shape index (κ1) is 11.2. The second-order valence-corrected chi connectivity index (χ2v) is 4.61. The Labute approximate surface area is 105 Å². The number of imidazole rings is 1. The monoisotopic (exact) mass is 244 g/mol. The molecule has 1 amide bonds. The average Bonchev–Trinajstić information content (AvgIpc) is 2.85. The predicted octanol–water partition coefficient (Wildman–Crippen LogP) is 1.60. The number of para-hydroxylation sites is 1. The number of carbonyl (C=O) groups is 1. The lowest BCUT2D eigenvalue weighted by atomic mass is 9.98. The van der Waals surface area contributed by atoms with Crippen molar-refractivity contribution in [3.8, 4) is 0 Å². The highest BCUT2D eigenvalue weighted by molar-refractivity contribution is 5.92. The van der Waals surface area contributed by atoms with Crippen molar-refractivity contribution >= 4 is 23.1 Å². The maximum absolute atomic E-state index is 10.6. The van der Waals surface area contributed by atoms with Gasteiger partial charge in [-0.15, -0.1) is 0 Å². The molecule has 94 valence electrons. The Morgan fingerprint density at radius 1 is 1.33 bits per heavy atom. The molecule has 1 aliphatic rings. The Morgan fingerprint density at radius 2 is 2.17 bits per heavy atom. The molecule has 5 nitrogen and oxygen atoms in total. The maximum atomic E-state index is 10.6. The van der Waals surface area contributed by atoms with Crippen LogP contribution in [0.5, 0.6) is 0 Å². The molecule has 2 aromatic rings. The van der Waals surface area contributed by atoms with Crippen LogP contribution in [0.1, 0.15) is 24.6 Å². The van der Waals surface area contributed by atoms with Crippen molar-refractivity contribution in [2.75, 3.05) is 18.4 Å². The number of aromatic nitrogens is 2. The largest absolute Gasteiger partial charge is 0.342 e. The van der Waals surface area contributed by atoms with Crippen molar-refractivity contribution in [2.24, 2.45) is 0 Å². The molecule has 3 N–H and O–H groups in total. The normalized spacial score (nSPS) is 16.9. The first-order valence-corrected chi connectivity index (χ1v) is 6.28. The summed E-state index contributed by atoms with van der Waals surface area (Å²) in [5.41, 5.74) is 2.59. The van der Waals surface area contributed by atoms with Crippen LogP contribution in [-0.4, -0.2) is 29.5 Å². The van der Waals surface area contributed by atoms with Gasteiger partial charge < -0.3 is 15.6 Å². The number of aromatic amines is 1. The van der Waals surface area contributed by atoms with Crippen molar-refractivity contribution in [3.05, 3.63) is 24.0 Å². The highest BCUT2D eigenvalue weighted by Crippen LogP contribution is 2.27. The van der Waals surface area contributed by atoms with Crippen LogP contribution in [0.25, 0.3) is 11.0 Å². The standard InChI is InChI=1S/C13H16N4O/c18-8-15-10-2-1-3-11-12(10)17-13(16-11)9-4-6-14-7-5-9/h1-3,8-9,14H,4-7H2,(H,15,18)(H,16,17). The van der Waals surface area contributed by atoms with E-state index in [1.807, 2.05) is 18.2 Å². The topological polar surface area (TPSA) is 69.8 Å². The van der Waals surface area contributed by atoms with E-state index in [9.17, 15) is 4.79 Å². The highest BCUT2D eigenvalue weighted by Gasteiger charge is 2.19. The van der Waals surface area contributed by atoms with Crippen LogP contribution < -0.4 is 10.6 Å². The number of nitrogens with one attached hydrogen (secondary N) is 3. The molecule has 0 aliphatic carbocycles. The summed E-state index contributed by atoms with van der Waals surface area (Å²) in [6.45, 7) is 2.09. The Balaban J connectivity index is 1.99. The van der Waals surface area contributed by atoms with Crippen LogP contribution in [-0.2, 0) is 4.79 Å². The molecule has 5 heteroatoms. The summed E-state index contributed by atoms with van der Waals surface area (Å²) < 4.78 is 0. The average molecular weight is 244 g/mol. The Kier molecular flexibility index (Phi) is 2.98. The molecule has 0 bridgehead atoms. The Bertz CT molecular complexity index is 557. The lowest BCUT2D eigenvalue weighted by molar-refractivity contribution is -0.105. The van der Waals surface area contributed by atoms with Crippen LogP contribution in [0.2, 0.25) is 0 Å². The number of H-pyrrole nitrogens is 1. The number of amides is 1. The van der Waals surface area contributed by atoms with Gasteiger partial charge in [0.25, 0.3) is 0 Å². The summed E-state index contributed by atoms with van der Waals surface area (Å²) >= 11 is 0. The fourth-order valence-corrected chi connectivity index (χ4v) is 2.52. The third kappa shape index (κ3) is 1.97. The molecule has 1 aromatic carbocycles. The zero-order chi connectivity index (χ0) is 12.4. The van der Waals surface area contributed by atoms with Gasteiger partial charge in [0.05, 0.1) is 11.2 Å². The molecule has 1 fully saturated rings. The number of carbonyl (C=O) groups excluding carboxylic acids is 1. The van der Waals surface area contributed by atoms with Crippen molar-refractivity contribution < 1.29 is 4.79 Å². The van der Waals surface area contributed by atoms with Gasteiger partial charge in [0.1, 0.15) is 11.3 Å². The summed E-state index contributed by atoms with van der Waals surface area (Å²) in [5.74, 6) is 1.52. The predicted molar refractivity (Wildman–Crippen MR) is 70.6 cm³/mol. The molecular formula is C13H16N4O. The minimum absolute atomic E-state index is 0.489. The van der Waals surface area contributed by atoms with Crippen LogP contribution in [0.4, 0.5) is 5.69 Å². The zero-order valence-corrected chi connectivity index (χ0v) is 10.1. The molecule has 1 aliphatic heterocycles. The highest BCUT2D eigenvalue weighted by atomic mass is 16.1. The number of benzene rings is 1. The van der Waals surface area contributed by atoms with Crippen LogP contribution >= 0.6 is 0 Å². The number of anilines is 1. The summed E-state index contributed by atoms with van der Waals surface area (Å²) in [4.78, 5) is 18.6. The SMILES string of the molecule is O=CNc1cccc2[nH]c(C3CCNCC3)nc12. The molecule has 18 heavy (non-hydrogen) atoms. The number of rotatable bonds is 3. The number of piperidine rings is 1. The quantitative estimate of drug-likeness (QED) is 0.718. The summed E-state index contributed by atoms with van der Waals surface area (Å²) in [6, 6.07) is 5.77. The van der Waals surface area contributed by atoms with Gasteiger partial charge >= 0.3 is 0 Å². The first-order valence-electron chi connectivity index (χ1n) is 6.28.